The molecule has 68 heavy (non-hydrogen) atoms. The average molecular weight is 1100 g/mol. The molecule has 0 aliphatic rings. The summed E-state index contributed by atoms with van der Waals surface area (Å²) in [6.07, 6.45) is 2.02. The van der Waals surface area contributed by atoms with Crippen LogP contribution in [0, 0.1) is 17.9 Å². The maximum Gasteiger partial charge on any atom is 0.123 e. The zero-order valence-corrected chi connectivity index (χ0v) is 43.1. The molecule has 3 nitrogen and oxygen atoms in total. The molecular weight excluding hydrogens is 1050 g/mol. The monoisotopic (exact) mass is 1100 g/mol. The van der Waals surface area contributed by atoms with E-state index in [1.165, 1.54) is 38.4 Å². The van der Waals surface area contributed by atoms with Crippen molar-refractivity contribution in [2.75, 3.05) is 0 Å². The normalized spacial score (nSPS) is 11.6. The van der Waals surface area contributed by atoms with Crippen molar-refractivity contribution in [3.05, 3.63) is 218 Å². The van der Waals surface area contributed by atoms with E-state index in [2.05, 4.69) is 196 Å². The van der Waals surface area contributed by atoms with Crippen molar-refractivity contribution in [2.45, 2.75) is 45.8 Å². The SMILES string of the molecule is CC(C)(C)c1cc(-c2ccccc2)c(-n2c(-c3[c-]ccc4c3sc3cc(-c5ccc(F)cc5)ccc34)nc3ccccc32)c(-c2ccccc2)c1.C[Si](C)(C)c1ccc(-c2[c-]cccc2)nc1.[Ir]. The van der Waals surface area contributed by atoms with Crippen molar-refractivity contribution >= 4 is 55.8 Å². The fourth-order valence-corrected chi connectivity index (χ4v) is 11.0. The molecule has 337 valence electrons. The molecule has 0 spiro atoms. The number of halogens is 1. The zero-order chi connectivity index (χ0) is 46.3. The molecule has 7 heteroatoms. The van der Waals surface area contributed by atoms with Gasteiger partial charge < -0.3 is 9.55 Å². The van der Waals surface area contributed by atoms with E-state index in [1.54, 1.807) is 11.3 Å². The summed E-state index contributed by atoms with van der Waals surface area (Å²) in [5.41, 5.74) is 13.9. The number of para-hydroxylation sites is 2. The molecule has 8 aromatic carbocycles. The van der Waals surface area contributed by atoms with Crippen LogP contribution in [0.2, 0.25) is 19.6 Å². The van der Waals surface area contributed by atoms with Gasteiger partial charge in [0.1, 0.15) is 5.82 Å². The van der Waals surface area contributed by atoms with Crippen LogP contribution in [0.25, 0.3) is 92.9 Å². The van der Waals surface area contributed by atoms with Gasteiger partial charge in [0.15, 0.2) is 0 Å². The van der Waals surface area contributed by atoms with Crippen LogP contribution >= 0.6 is 11.3 Å². The topological polar surface area (TPSA) is 30.7 Å². The number of rotatable bonds is 7. The van der Waals surface area contributed by atoms with Crippen molar-refractivity contribution in [3.8, 4) is 61.7 Å². The first-order chi connectivity index (χ1) is 32.4. The second kappa shape index (κ2) is 19.2. The summed E-state index contributed by atoms with van der Waals surface area (Å²) in [5.74, 6) is 0.619. The summed E-state index contributed by atoms with van der Waals surface area (Å²) < 4.78 is 18.4. The zero-order valence-electron chi connectivity index (χ0n) is 38.9. The third kappa shape index (κ3) is 9.32. The van der Waals surface area contributed by atoms with E-state index in [9.17, 15) is 4.39 Å². The van der Waals surface area contributed by atoms with E-state index < -0.39 is 8.07 Å². The number of benzene rings is 8. The molecule has 0 fully saturated rings. The Morgan fingerprint density at radius 3 is 1.87 bits per heavy atom. The van der Waals surface area contributed by atoms with Gasteiger partial charge >= 0.3 is 0 Å². The molecule has 0 aliphatic carbocycles. The minimum absolute atomic E-state index is 0. The van der Waals surface area contributed by atoms with Crippen molar-refractivity contribution in [1.29, 1.82) is 0 Å². The van der Waals surface area contributed by atoms with E-state index in [-0.39, 0.29) is 31.3 Å². The smallest absolute Gasteiger partial charge is 0.123 e. The Morgan fingerprint density at radius 1 is 0.603 bits per heavy atom. The predicted molar refractivity (Wildman–Crippen MR) is 285 cm³/mol. The summed E-state index contributed by atoms with van der Waals surface area (Å²) in [7, 11) is -1.23. The minimum atomic E-state index is -1.23. The minimum Gasteiger partial charge on any atom is -0.332 e. The van der Waals surface area contributed by atoms with E-state index in [4.69, 9.17) is 4.98 Å². The average Bonchev–Trinajstić information content (AvgIpc) is 3.93. The van der Waals surface area contributed by atoms with Crippen molar-refractivity contribution < 1.29 is 24.5 Å². The molecular formula is C61H50FIrN3SSi-2. The van der Waals surface area contributed by atoms with Gasteiger partial charge in [-0.25, -0.2) is 4.39 Å². The largest absolute Gasteiger partial charge is 0.332 e. The van der Waals surface area contributed by atoms with Crippen LogP contribution in [0.3, 0.4) is 0 Å². The van der Waals surface area contributed by atoms with Crippen LogP contribution in [0.4, 0.5) is 4.39 Å². The number of imidazole rings is 1. The van der Waals surface area contributed by atoms with Crippen LogP contribution in [-0.2, 0) is 25.5 Å². The molecule has 3 aromatic heterocycles. The molecule has 0 N–H and O–H groups in total. The van der Waals surface area contributed by atoms with Crippen molar-refractivity contribution in [2.24, 2.45) is 0 Å². The Bertz CT molecular complexity index is 3460. The predicted octanol–water partition coefficient (Wildman–Crippen LogP) is 16.4. The number of aromatic nitrogens is 3. The molecule has 11 aromatic rings. The number of fused-ring (bicyclic) bond motifs is 4. The third-order valence-electron chi connectivity index (χ3n) is 12.4. The van der Waals surface area contributed by atoms with Gasteiger partial charge in [0.05, 0.1) is 30.6 Å². The summed E-state index contributed by atoms with van der Waals surface area (Å²) in [4.78, 5) is 9.92. The number of nitrogens with zero attached hydrogens (tertiary/aromatic N) is 3. The molecule has 1 radical (unpaired) electrons. The first-order valence-corrected chi connectivity index (χ1v) is 27.1. The van der Waals surface area contributed by atoms with E-state index in [0.29, 0.717) is 0 Å². The van der Waals surface area contributed by atoms with Gasteiger partial charge in [0, 0.05) is 42.1 Å². The summed E-state index contributed by atoms with van der Waals surface area (Å²) in [6, 6.07) is 71.1. The molecule has 0 bridgehead atoms. The van der Waals surface area contributed by atoms with E-state index in [0.717, 1.165) is 77.4 Å². The maximum atomic E-state index is 13.7. The van der Waals surface area contributed by atoms with Gasteiger partial charge in [-0.2, -0.15) is 11.3 Å². The van der Waals surface area contributed by atoms with Crippen molar-refractivity contribution in [1.82, 2.24) is 14.5 Å². The van der Waals surface area contributed by atoms with E-state index >= 15 is 0 Å². The second-order valence-corrected chi connectivity index (χ2v) is 25.2. The van der Waals surface area contributed by atoms with Crippen LogP contribution in [0.1, 0.15) is 26.3 Å². The Labute approximate surface area is 417 Å². The quantitative estimate of drug-likeness (QED) is 0.118. The molecule has 0 atom stereocenters. The number of pyridine rings is 1. The first kappa shape index (κ1) is 46.5. The molecule has 0 unspecified atom stereocenters. The van der Waals surface area contributed by atoms with Gasteiger partial charge in [-0.05, 0) is 96.7 Å². The van der Waals surface area contributed by atoms with Gasteiger partial charge in [0.2, 0.25) is 0 Å². The number of hydrogen-bond acceptors (Lipinski definition) is 3. The van der Waals surface area contributed by atoms with Crippen LogP contribution in [0.15, 0.2) is 194 Å². The maximum absolute atomic E-state index is 13.7. The fourth-order valence-electron chi connectivity index (χ4n) is 8.68. The molecule has 0 saturated carbocycles. The Morgan fingerprint density at radius 2 is 1.25 bits per heavy atom. The Kier molecular flexibility index (Phi) is 13.1. The Balaban J connectivity index is 0.000000289. The molecule has 0 amide bonds. The summed E-state index contributed by atoms with van der Waals surface area (Å²) in [6.45, 7) is 13.8. The molecule has 3 heterocycles. The van der Waals surface area contributed by atoms with Crippen LogP contribution in [0.5, 0.6) is 0 Å². The van der Waals surface area contributed by atoms with Crippen LogP contribution < -0.4 is 5.19 Å². The van der Waals surface area contributed by atoms with Gasteiger partial charge in [-0.3, -0.25) is 4.98 Å². The fraction of sp³-hybridized carbons (Fsp3) is 0.115. The molecule has 11 rings (SSSR count). The van der Waals surface area contributed by atoms with Gasteiger partial charge in [0.25, 0.3) is 0 Å². The Hall–Kier alpha value is -6.60. The molecule has 0 saturated heterocycles. The third-order valence-corrected chi connectivity index (χ3v) is 15.6. The second-order valence-electron chi connectivity index (χ2n) is 19.0. The number of hydrogen-bond donors (Lipinski definition) is 0. The summed E-state index contributed by atoms with van der Waals surface area (Å²) in [5, 5.41) is 3.75. The van der Waals surface area contributed by atoms with Crippen LogP contribution in [-0.4, -0.2) is 22.6 Å². The molecule has 0 aliphatic heterocycles. The van der Waals surface area contributed by atoms with E-state index in [1.807, 2.05) is 48.7 Å². The van der Waals surface area contributed by atoms with Gasteiger partial charge in [-0.15, -0.1) is 54.1 Å². The summed E-state index contributed by atoms with van der Waals surface area (Å²) >= 11 is 1.76. The first-order valence-electron chi connectivity index (χ1n) is 22.7. The standard InChI is InChI=1S/C47H34FN2S.C14H16NSi.Ir/c1-47(2,3)34-28-39(31-13-6-4-7-14-31)44(40(29-34)32-15-8-5-9-16-32)50-42-20-11-10-19-41(42)49-46(50)38-18-12-17-37-36-26-23-33(27-43(36)51-45(37)38)30-21-24-35(48)25-22-30;1-16(2,3)13-9-10-14(15-11-13)12-7-5-4-6-8-12;/h4-17,19-29H,1-3H3;4-7,9-11H,1-3H3;/q2*-1;. The number of thiophene rings is 1. The van der Waals surface area contributed by atoms with Crippen molar-refractivity contribution in [3.63, 3.8) is 0 Å². The van der Waals surface area contributed by atoms with Gasteiger partial charge in [-0.1, -0.05) is 161 Å².